The first-order chi connectivity index (χ1) is 10.0. The summed E-state index contributed by atoms with van der Waals surface area (Å²) in [5.41, 5.74) is 2.20. The lowest BCUT2D eigenvalue weighted by Gasteiger charge is -2.34. The molecule has 0 bridgehead atoms. The number of pyridine rings is 1. The van der Waals surface area contributed by atoms with Crippen LogP contribution in [-0.4, -0.2) is 38.6 Å². The number of fused-ring (bicyclic) bond motifs is 1. The molecule has 0 aliphatic carbocycles. The van der Waals surface area contributed by atoms with E-state index in [4.69, 9.17) is 4.42 Å². The SMILES string of the molecule is Cc1ccc2oc(SC3CCCN(C(C)C)C3=O)nc2n1. The second-order valence-electron chi connectivity index (χ2n) is 5.63. The fraction of sp³-hybridized carbons (Fsp3) is 0.533. The molecule has 1 amide bonds. The molecule has 3 rings (SSSR count). The summed E-state index contributed by atoms with van der Waals surface area (Å²) in [4.78, 5) is 23.1. The maximum absolute atomic E-state index is 12.5. The molecule has 0 N–H and O–H groups in total. The van der Waals surface area contributed by atoms with Gasteiger partial charge in [0.05, 0.1) is 5.25 Å². The molecule has 1 unspecified atom stereocenters. The molecule has 0 aromatic carbocycles. The van der Waals surface area contributed by atoms with Crippen LogP contribution < -0.4 is 0 Å². The molecule has 112 valence electrons. The Bertz CT molecular complexity index is 668. The summed E-state index contributed by atoms with van der Waals surface area (Å²) in [7, 11) is 0. The summed E-state index contributed by atoms with van der Waals surface area (Å²) in [6.07, 6.45) is 1.90. The molecule has 1 atom stereocenters. The van der Waals surface area contributed by atoms with Crippen molar-refractivity contribution in [1.29, 1.82) is 0 Å². The van der Waals surface area contributed by atoms with Gasteiger partial charge in [-0.3, -0.25) is 4.79 Å². The lowest BCUT2D eigenvalue weighted by Crippen LogP contribution is -2.46. The normalized spacial score (nSPS) is 19.7. The lowest BCUT2D eigenvalue weighted by atomic mass is 10.1. The molecular formula is C15H19N3O2S. The Hall–Kier alpha value is -1.56. The number of hydrogen-bond donors (Lipinski definition) is 0. The van der Waals surface area contributed by atoms with Crippen LogP contribution in [0.15, 0.2) is 21.8 Å². The van der Waals surface area contributed by atoms with E-state index in [9.17, 15) is 4.79 Å². The van der Waals surface area contributed by atoms with Gasteiger partial charge >= 0.3 is 0 Å². The first-order valence-corrected chi connectivity index (χ1v) is 8.14. The van der Waals surface area contributed by atoms with Crippen LogP contribution in [0.2, 0.25) is 0 Å². The molecule has 3 heterocycles. The molecule has 0 spiro atoms. The Labute approximate surface area is 128 Å². The molecule has 1 aliphatic heterocycles. The highest BCUT2D eigenvalue weighted by atomic mass is 32.2. The van der Waals surface area contributed by atoms with Gasteiger partial charge in [-0.25, -0.2) is 4.98 Å². The van der Waals surface area contributed by atoms with Crippen molar-refractivity contribution < 1.29 is 9.21 Å². The quantitative estimate of drug-likeness (QED) is 0.872. The van der Waals surface area contributed by atoms with Gasteiger partial charge in [0.2, 0.25) is 5.91 Å². The van der Waals surface area contributed by atoms with Gasteiger partial charge in [0.15, 0.2) is 11.2 Å². The van der Waals surface area contributed by atoms with Gasteiger partial charge in [0.25, 0.3) is 5.22 Å². The summed E-state index contributed by atoms with van der Waals surface area (Å²) in [5.74, 6) is 0.188. The minimum absolute atomic E-state index is 0.102. The lowest BCUT2D eigenvalue weighted by molar-refractivity contribution is -0.134. The average Bonchev–Trinajstić information content (AvgIpc) is 2.82. The zero-order valence-electron chi connectivity index (χ0n) is 12.5. The number of nitrogens with zero attached hydrogens (tertiary/aromatic N) is 3. The average molecular weight is 305 g/mol. The molecule has 2 aromatic heterocycles. The van der Waals surface area contributed by atoms with E-state index in [0.717, 1.165) is 25.1 Å². The molecule has 5 nitrogen and oxygen atoms in total. The minimum Gasteiger partial charge on any atom is -0.430 e. The van der Waals surface area contributed by atoms with Crippen molar-refractivity contribution in [2.75, 3.05) is 6.54 Å². The maximum atomic E-state index is 12.5. The Morgan fingerprint density at radius 2 is 2.19 bits per heavy atom. The van der Waals surface area contributed by atoms with Gasteiger partial charge in [0, 0.05) is 18.3 Å². The number of hydrogen-bond acceptors (Lipinski definition) is 5. The monoisotopic (exact) mass is 305 g/mol. The van der Waals surface area contributed by atoms with E-state index in [1.54, 1.807) is 0 Å². The zero-order chi connectivity index (χ0) is 15.0. The highest BCUT2D eigenvalue weighted by Crippen LogP contribution is 2.32. The maximum Gasteiger partial charge on any atom is 0.259 e. The van der Waals surface area contributed by atoms with Gasteiger partial charge < -0.3 is 9.32 Å². The van der Waals surface area contributed by atoms with Crippen LogP contribution in [0.5, 0.6) is 0 Å². The Kier molecular flexibility index (Phi) is 3.89. The molecule has 2 aromatic rings. The van der Waals surface area contributed by atoms with Crippen molar-refractivity contribution >= 4 is 28.9 Å². The van der Waals surface area contributed by atoms with Crippen LogP contribution >= 0.6 is 11.8 Å². The van der Waals surface area contributed by atoms with Gasteiger partial charge in [-0.15, -0.1) is 0 Å². The summed E-state index contributed by atoms with van der Waals surface area (Å²) >= 11 is 1.42. The number of carbonyl (C=O) groups is 1. The predicted octanol–water partition coefficient (Wildman–Crippen LogP) is 3.02. The molecule has 1 saturated heterocycles. The van der Waals surface area contributed by atoms with Crippen LogP contribution in [0.3, 0.4) is 0 Å². The summed E-state index contributed by atoms with van der Waals surface area (Å²) < 4.78 is 5.69. The molecule has 6 heteroatoms. The third kappa shape index (κ3) is 2.90. The molecule has 0 saturated carbocycles. The van der Waals surface area contributed by atoms with E-state index in [1.165, 1.54) is 11.8 Å². The van der Waals surface area contributed by atoms with Crippen LogP contribution in [-0.2, 0) is 4.79 Å². The van der Waals surface area contributed by atoms with E-state index in [1.807, 2.05) is 24.0 Å². The first kappa shape index (κ1) is 14.4. The van der Waals surface area contributed by atoms with Gasteiger partial charge in [0.1, 0.15) is 0 Å². The number of rotatable bonds is 3. The van der Waals surface area contributed by atoms with E-state index in [-0.39, 0.29) is 17.2 Å². The number of aryl methyl sites for hydroxylation is 1. The third-order valence-corrected chi connectivity index (χ3v) is 4.76. The van der Waals surface area contributed by atoms with E-state index in [0.29, 0.717) is 16.5 Å². The van der Waals surface area contributed by atoms with Gasteiger partial charge in [-0.2, -0.15) is 4.98 Å². The first-order valence-electron chi connectivity index (χ1n) is 7.26. The van der Waals surface area contributed by atoms with E-state index >= 15 is 0 Å². The molecule has 1 fully saturated rings. The number of piperidine rings is 1. The fourth-order valence-corrected chi connectivity index (χ4v) is 3.59. The van der Waals surface area contributed by atoms with Crippen molar-refractivity contribution in [2.45, 2.75) is 50.1 Å². The number of oxazole rings is 1. The molecule has 1 aliphatic rings. The van der Waals surface area contributed by atoms with Crippen molar-refractivity contribution in [2.24, 2.45) is 0 Å². The van der Waals surface area contributed by atoms with Crippen LogP contribution in [0.1, 0.15) is 32.4 Å². The summed E-state index contributed by atoms with van der Waals surface area (Å²) in [6.45, 7) is 6.88. The number of likely N-dealkylation sites (tertiary alicyclic amines) is 1. The smallest absolute Gasteiger partial charge is 0.259 e. The van der Waals surface area contributed by atoms with Crippen molar-refractivity contribution in [3.8, 4) is 0 Å². The van der Waals surface area contributed by atoms with Crippen molar-refractivity contribution in [3.63, 3.8) is 0 Å². The van der Waals surface area contributed by atoms with Crippen LogP contribution in [0, 0.1) is 6.92 Å². The Balaban J connectivity index is 1.79. The molecular weight excluding hydrogens is 286 g/mol. The summed E-state index contributed by atoms with van der Waals surface area (Å²) in [6, 6.07) is 4.01. The zero-order valence-corrected chi connectivity index (χ0v) is 13.3. The van der Waals surface area contributed by atoms with Crippen molar-refractivity contribution in [1.82, 2.24) is 14.9 Å². The van der Waals surface area contributed by atoms with Gasteiger partial charge in [-0.1, -0.05) is 11.8 Å². The number of thioether (sulfide) groups is 1. The third-order valence-electron chi connectivity index (χ3n) is 3.66. The van der Waals surface area contributed by atoms with E-state index in [2.05, 4.69) is 23.8 Å². The Morgan fingerprint density at radius 1 is 1.38 bits per heavy atom. The fourth-order valence-electron chi connectivity index (χ4n) is 2.55. The topological polar surface area (TPSA) is 59.2 Å². The summed E-state index contributed by atoms with van der Waals surface area (Å²) in [5, 5.41) is 0.433. The second-order valence-corrected chi connectivity index (χ2v) is 6.78. The largest absolute Gasteiger partial charge is 0.430 e. The van der Waals surface area contributed by atoms with E-state index < -0.39 is 0 Å². The highest BCUT2D eigenvalue weighted by Gasteiger charge is 2.32. The number of amides is 1. The minimum atomic E-state index is -0.102. The number of carbonyl (C=O) groups excluding carboxylic acids is 1. The Morgan fingerprint density at radius 3 is 2.95 bits per heavy atom. The van der Waals surface area contributed by atoms with Crippen LogP contribution in [0.25, 0.3) is 11.2 Å². The molecule has 21 heavy (non-hydrogen) atoms. The van der Waals surface area contributed by atoms with Crippen molar-refractivity contribution in [3.05, 3.63) is 17.8 Å². The number of aromatic nitrogens is 2. The highest BCUT2D eigenvalue weighted by molar-refractivity contribution is 8.00. The predicted molar refractivity (Wildman–Crippen MR) is 82.3 cm³/mol. The van der Waals surface area contributed by atoms with Gasteiger partial charge in [-0.05, 0) is 45.7 Å². The van der Waals surface area contributed by atoms with Crippen LogP contribution in [0.4, 0.5) is 0 Å². The second kappa shape index (κ2) is 5.67. The molecule has 0 radical (unpaired) electrons. The standard InChI is InChI=1S/C15H19N3O2S/c1-9(2)18-8-4-5-12(14(18)19)21-15-17-13-11(20-15)7-6-10(3)16-13/h6-7,9,12H,4-5,8H2,1-3H3.